The van der Waals surface area contributed by atoms with Crippen LogP contribution in [0.5, 0.6) is 0 Å². The largest absolute Gasteiger partial charge is 0.366 e. The molecule has 1 aromatic rings. The summed E-state index contributed by atoms with van der Waals surface area (Å²) in [6.07, 6.45) is 3.59. The summed E-state index contributed by atoms with van der Waals surface area (Å²) in [5.74, 6) is -0.468. The molecule has 0 radical (unpaired) electrons. The lowest BCUT2D eigenvalue weighted by molar-refractivity contribution is -0.115. The van der Waals surface area contributed by atoms with Gasteiger partial charge in [-0.15, -0.1) is 0 Å². The number of allylic oxidation sites excluding steroid dienone is 1. The van der Waals surface area contributed by atoms with Crippen LogP contribution in [0, 0.1) is 0 Å². The van der Waals surface area contributed by atoms with Crippen LogP contribution >= 0.6 is 12.2 Å². The number of primary amides is 1. The van der Waals surface area contributed by atoms with Gasteiger partial charge in [0.25, 0.3) is 0 Å². The number of aryl methyl sites for hydroxylation is 1. The monoisotopic (exact) mass is 265 g/mol. The van der Waals surface area contributed by atoms with Gasteiger partial charge in [0.05, 0.1) is 17.8 Å². The molecule has 1 amide bonds. The van der Waals surface area contributed by atoms with Crippen LogP contribution in [0.4, 0.5) is 0 Å². The number of amides is 1. The van der Waals surface area contributed by atoms with Gasteiger partial charge in [0.15, 0.2) is 5.11 Å². The first kappa shape index (κ1) is 12.6. The predicted molar refractivity (Wildman–Crippen MR) is 71.4 cm³/mol. The van der Waals surface area contributed by atoms with E-state index >= 15 is 0 Å². The maximum atomic E-state index is 11.5. The summed E-state index contributed by atoms with van der Waals surface area (Å²) in [5, 5.41) is 10.6. The van der Waals surface area contributed by atoms with Crippen molar-refractivity contribution in [1.29, 1.82) is 0 Å². The van der Waals surface area contributed by atoms with E-state index in [4.69, 9.17) is 18.0 Å². The number of aromatic nitrogens is 2. The highest BCUT2D eigenvalue weighted by atomic mass is 32.1. The first-order chi connectivity index (χ1) is 8.52. The molecule has 1 aliphatic heterocycles. The molecule has 0 spiro atoms. The number of hydrogen-bond donors (Lipinski definition) is 3. The number of rotatable bonds is 3. The van der Waals surface area contributed by atoms with E-state index in [0.29, 0.717) is 16.4 Å². The van der Waals surface area contributed by atoms with Crippen LogP contribution in [0.1, 0.15) is 25.5 Å². The number of hydrogen-bond acceptors (Lipinski definition) is 3. The summed E-state index contributed by atoms with van der Waals surface area (Å²) in [4.78, 5) is 11.5. The van der Waals surface area contributed by atoms with E-state index in [0.717, 1.165) is 12.1 Å². The molecular weight excluding hydrogens is 250 g/mol. The second-order valence-corrected chi connectivity index (χ2v) is 4.47. The zero-order chi connectivity index (χ0) is 13.3. The van der Waals surface area contributed by atoms with Crippen molar-refractivity contribution < 1.29 is 4.79 Å². The molecule has 2 rings (SSSR count). The van der Waals surface area contributed by atoms with Gasteiger partial charge in [-0.05, 0) is 26.1 Å². The Morgan fingerprint density at radius 2 is 2.39 bits per heavy atom. The van der Waals surface area contributed by atoms with Crippen molar-refractivity contribution in [2.45, 2.75) is 26.4 Å². The molecule has 2 heterocycles. The standard InChI is InChI=1S/C11H15N5OS/c1-3-16-5-7(4-13-16)9-8(10(12)17)6(2)14-11(18)15-9/h4-5,9H,3H2,1-2H3,(H2,12,17)(H2,14,15,18)/t9-/m0/s1. The van der Waals surface area contributed by atoms with Crippen molar-refractivity contribution in [3.05, 3.63) is 29.2 Å². The molecular formula is C11H15N5OS. The Morgan fingerprint density at radius 3 is 2.94 bits per heavy atom. The maximum Gasteiger partial charge on any atom is 0.248 e. The number of nitrogens with zero attached hydrogens (tertiary/aromatic N) is 2. The second-order valence-electron chi connectivity index (χ2n) is 4.06. The fourth-order valence-electron chi connectivity index (χ4n) is 1.97. The SMILES string of the molecule is CCn1cc([C@@H]2NC(=S)NC(C)=C2C(N)=O)cn1. The Hall–Kier alpha value is -1.89. The van der Waals surface area contributed by atoms with Gasteiger partial charge in [-0.1, -0.05) is 0 Å². The summed E-state index contributed by atoms with van der Waals surface area (Å²) in [6, 6.07) is -0.337. The molecule has 0 bridgehead atoms. The average Bonchev–Trinajstić information content (AvgIpc) is 2.75. The minimum Gasteiger partial charge on any atom is -0.366 e. The lowest BCUT2D eigenvalue weighted by Gasteiger charge is -2.28. The van der Waals surface area contributed by atoms with Crippen molar-refractivity contribution in [1.82, 2.24) is 20.4 Å². The third-order valence-corrected chi connectivity index (χ3v) is 3.07. The van der Waals surface area contributed by atoms with Crippen LogP contribution in [0.3, 0.4) is 0 Å². The third-order valence-electron chi connectivity index (χ3n) is 2.85. The summed E-state index contributed by atoms with van der Waals surface area (Å²) in [5.41, 5.74) is 7.46. The summed E-state index contributed by atoms with van der Waals surface area (Å²) < 4.78 is 1.79. The van der Waals surface area contributed by atoms with Crippen molar-refractivity contribution in [3.8, 4) is 0 Å². The van der Waals surface area contributed by atoms with Gasteiger partial charge in [-0.3, -0.25) is 9.48 Å². The van der Waals surface area contributed by atoms with E-state index in [2.05, 4.69) is 15.7 Å². The average molecular weight is 265 g/mol. The molecule has 96 valence electrons. The molecule has 4 N–H and O–H groups in total. The minimum atomic E-state index is -0.468. The van der Waals surface area contributed by atoms with Crippen LogP contribution in [-0.2, 0) is 11.3 Å². The molecule has 1 atom stereocenters. The third kappa shape index (κ3) is 2.21. The summed E-state index contributed by atoms with van der Waals surface area (Å²) in [6.45, 7) is 4.54. The summed E-state index contributed by atoms with van der Waals surface area (Å²) >= 11 is 5.10. The molecule has 18 heavy (non-hydrogen) atoms. The smallest absolute Gasteiger partial charge is 0.248 e. The highest BCUT2D eigenvalue weighted by Crippen LogP contribution is 2.25. The molecule has 0 aromatic carbocycles. The number of nitrogens with two attached hydrogens (primary N) is 1. The molecule has 0 aliphatic carbocycles. The Bertz CT molecular complexity index is 533. The van der Waals surface area contributed by atoms with E-state index < -0.39 is 5.91 Å². The minimum absolute atomic E-state index is 0.337. The van der Waals surface area contributed by atoms with Gasteiger partial charge in [-0.25, -0.2) is 0 Å². The van der Waals surface area contributed by atoms with Gasteiger partial charge in [-0.2, -0.15) is 5.10 Å². The Morgan fingerprint density at radius 1 is 1.67 bits per heavy atom. The normalized spacial score (nSPS) is 19.4. The van der Waals surface area contributed by atoms with Crippen LogP contribution in [0.2, 0.25) is 0 Å². The van der Waals surface area contributed by atoms with Crippen LogP contribution in [0.15, 0.2) is 23.7 Å². The summed E-state index contributed by atoms with van der Waals surface area (Å²) in [7, 11) is 0. The van der Waals surface area contributed by atoms with Crippen LogP contribution in [-0.4, -0.2) is 20.8 Å². The van der Waals surface area contributed by atoms with Gasteiger partial charge < -0.3 is 16.4 Å². The number of thiocarbonyl (C=S) groups is 1. The van der Waals surface area contributed by atoms with Crippen molar-refractivity contribution in [2.24, 2.45) is 5.73 Å². The molecule has 0 fully saturated rings. The van der Waals surface area contributed by atoms with E-state index in [1.54, 1.807) is 17.8 Å². The molecule has 0 saturated carbocycles. The second kappa shape index (κ2) is 4.77. The Kier molecular flexibility index (Phi) is 3.33. The predicted octanol–water partition coefficient (Wildman–Crippen LogP) is 0.181. The lowest BCUT2D eigenvalue weighted by Crippen LogP contribution is -2.45. The lowest BCUT2D eigenvalue weighted by atomic mass is 9.98. The van der Waals surface area contributed by atoms with Gasteiger partial charge >= 0.3 is 0 Å². The van der Waals surface area contributed by atoms with E-state index in [-0.39, 0.29) is 6.04 Å². The first-order valence-electron chi connectivity index (χ1n) is 5.63. The highest BCUT2D eigenvalue weighted by molar-refractivity contribution is 7.80. The fraction of sp³-hybridized carbons (Fsp3) is 0.364. The molecule has 0 unspecified atom stereocenters. The Labute approximate surface area is 110 Å². The zero-order valence-electron chi connectivity index (χ0n) is 10.2. The first-order valence-corrected chi connectivity index (χ1v) is 6.04. The molecule has 1 aliphatic rings. The van der Waals surface area contributed by atoms with Crippen LogP contribution < -0.4 is 16.4 Å². The van der Waals surface area contributed by atoms with E-state index in [9.17, 15) is 4.79 Å². The zero-order valence-corrected chi connectivity index (χ0v) is 11.0. The van der Waals surface area contributed by atoms with Gasteiger partial charge in [0, 0.05) is 24.0 Å². The number of carbonyl (C=O) groups is 1. The number of nitrogens with one attached hydrogen (secondary N) is 2. The van der Waals surface area contributed by atoms with Crippen molar-refractivity contribution >= 4 is 23.2 Å². The van der Waals surface area contributed by atoms with Gasteiger partial charge in [0.1, 0.15) is 0 Å². The molecule has 7 heteroatoms. The quantitative estimate of drug-likeness (QED) is 0.679. The van der Waals surface area contributed by atoms with Crippen molar-refractivity contribution in [3.63, 3.8) is 0 Å². The number of carbonyl (C=O) groups excluding carboxylic acids is 1. The molecule has 0 saturated heterocycles. The Balaban J connectivity index is 2.43. The molecule has 1 aromatic heterocycles. The van der Waals surface area contributed by atoms with Gasteiger partial charge in [0.2, 0.25) is 5.91 Å². The van der Waals surface area contributed by atoms with Crippen molar-refractivity contribution in [2.75, 3.05) is 0 Å². The van der Waals surface area contributed by atoms with E-state index in [1.807, 2.05) is 13.1 Å². The highest BCUT2D eigenvalue weighted by Gasteiger charge is 2.29. The fourth-order valence-corrected chi connectivity index (χ4v) is 2.24. The topological polar surface area (TPSA) is 85.0 Å². The van der Waals surface area contributed by atoms with Crippen LogP contribution in [0.25, 0.3) is 0 Å². The maximum absolute atomic E-state index is 11.5. The van der Waals surface area contributed by atoms with E-state index in [1.165, 1.54) is 0 Å². The molecule has 6 nitrogen and oxygen atoms in total.